The van der Waals surface area contributed by atoms with E-state index in [9.17, 15) is 4.79 Å². The number of anilines is 1. The second-order valence-corrected chi connectivity index (χ2v) is 5.11. The molecule has 0 saturated carbocycles. The van der Waals surface area contributed by atoms with Crippen molar-refractivity contribution in [3.8, 4) is 22.5 Å². The third-order valence-corrected chi connectivity index (χ3v) is 3.46. The van der Waals surface area contributed by atoms with Crippen molar-refractivity contribution in [3.63, 3.8) is 0 Å². The van der Waals surface area contributed by atoms with Crippen LogP contribution in [0.1, 0.15) is 0 Å². The number of nitrogens with two attached hydrogens (primary N) is 1. The Balaban J connectivity index is 2.28. The molecule has 3 aromatic rings. The first kappa shape index (κ1) is 13.5. The number of nitrogens with zero attached hydrogens (tertiary/aromatic N) is 2. The minimum absolute atomic E-state index is 0.186. The number of nitrogen functional groups attached to an aromatic ring is 1. The van der Waals surface area contributed by atoms with Crippen LogP contribution in [0.3, 0.4) is 0 Å². The van der Waals surface area contributed by atoms with Gasteiger partial charge < -0.3 is 10.7 Å². The molecule has 3 N–H and O–H groups in total. The molecule has 0 fully saturated rings. The molecule has 0 aliphatic heterocycles. The van der Waals surface area contributed by atoms with Crippen LogP contribution in [0, 0.1) is 0 Å². The zero-order valence-electron chi connectivity index (χ0n) is 11.3. The van der Waals surface area contributed by atoms with E-state index in [1.54, 1.807) is 29.9 Å². The number of hydrogen-bond acceptors (Lipinski definition) is 3. The topological polar surface area (TPSA) is 76.7 Å². The number of hydrogen-bond donors (Lipinski definition) is 2. The Labute approximate surface area is 126 Å². The monoisotopic (exact) mass is 300 g/mol. The Morgan fingerprint density at radius 3 is 2.71 bits per heavy atom. The van der Waals surface area contributed by atoms with Crippen LogP contribution in [0.2, 0.25) is 5.02 Å². The number of H-pyrrole nitrogens is 1. The zero-order valence-corrected chi connectivity index (χ0v) is 12.1. The minimum Gasteiger partial charge on any atom is -0.383 e. The number of rotatable bonds is 2. The predicted octanol–water partition coefficient (Wildman–Crippen LogP) is 2.68. The molecule has 21 heavy (non-hydrogen) atoms. The maximum atomic E-state index is 11.5. The molecule has 2 heterocycles. The van der Waals surface area contributed by atoms with E-state index in [0.29, 0.717) is 22.2 Å². The lowest BCUT2D eigenvalue weighted by molar-refractivity contribution is 0.781. The van der Waals surface area contributed by atoms with Gasteiger partial charge in [0.05, 0.1) is 11.3 Å². The van der Waals surface area contributed by atoms with E-state index in [2.05, 4.69) is 10.1 Å². The highest BCUT2D eigenvalue weighted by atomic mass is 35.5. The summed E-state index contributed by atoms with van der Waals surface area (Å²) < 4.78 is 1.58. The van der Waals surface area contributed by atoms with Gasteiger partial charge in [0.1, 0.15) is 11.5 Å². The molecule has 0 radical (unpaired) electrons. The first-order valence-electron chi connectivity index (χ1n) is 6.34. The molecule has 0 atom stereocenters. The predicted molar refractivity (Wildman–Crippen MR) is 84.1 cm³/mol. The summed E-state index contributed by atoms with van der Waals surface area (Å²) in [6.07, 6.45) is 0. The highest BCUT2D eigenvalue weighted by Gasteiger charge is 2.18. The van der Waals surface area contributed by atoms with E-state index in [0.717, 1.165) is 11.1 Å². The molecule has 0 bridgehead atoms. The first-order valence-corrected chi connectivity index (χ1v) is 6.72. The Hall–Kier alpha value is -2.53. The van der Waals surface area contributed by atoms with Gasteiger partial charge >= 0.3 is 0 Å². The molecule has 106 valence electrons. The highest BCUT2D eigenvalue weighted by Crippen LogP contribution is 2.35. The number of halogens is 1. The summed E-state index contributed by atoms with van der Waals surface area (Å²) in [5.41, 5.74) is 8.78. The molecule has 0 saturated heterocycles. The second-order valence-electron chi connectivity index (χ2n) is 4.67. The average Bonchev–Trinajstić information content (AvgIpc) is 2.75. The summed E-state index contributed by atoms with van der Waals surface area (Å²) in [4.78, 5) is 14.3. The van der Waals surface area contributed by atoms with Gasteiger partial charge in [-0.05, 0) is 23.8 Å². The van der Waals surface area contributed by atoms with Crippen molar-refractivity contribution in [1.29, 1.82) is 0 Å². The van der Waals surface area contributed by atoms with Crippen LogP contribution in [-0.4, -0.2) is 14.8 Å². The third-order valence-electron chi connectivity index (χ3n) is 3.23. The van der Waals surface area contributed by atoms with E-state index >= 15 is 0 Å². The molecule has 0 unspecified atom stereocenters. The van der Waals surface area contributed by atoms with Crippen molar-refractivity contribution >= 4 is 17.4 Å². The van der Waals surface area contributed by atoms with Crippen molar-refractivity contribution in [3.05, 3.63) is 57.8 Å². The van der Waals surface area contributed by atoms with Gasteiger partial charge in [0.25, 0.3) is 0 Å². The fourth-order valence-electron chi connectivity index (χ4n) is 2.24. The Morgan fingerprint density at radius 2 is 2.00 bits per heavy atom. The van der Waals surface area contributed by atoms with Crippen molar-refractivity contribution in [2.24, 2.45) is 7.05 Å². The Bertz CT molecular complexity index is 866. The van der Waals surface area contributed by atoms with Gasteiger partial charge in [-0.1, -0.05) is 29.8 Å². The van der Waals surface area contributed by atoms with E-state index in [-0.39, 0.29) is 5.56 Å². The van der Waals surface area contributed by atoms with Crippen LogP contribution in [0.4, 0.5) is 5.82 Å². The summed E-state index contributed by atoms with van der Waals surface area (Å²) in [5.74, 6) is 0.511. The van der Waals surface area contributed by atoms with Crippen LogP contribution >= 0.6 is 11.6 Å². The van der Waals surface area contributed by atoms with Crippen molar-refractivity contribution in [2.45, 2.75) is 0 Å². The van der Waals surface area contributed by atoms with Crippen LogP contribution in [0.15, 0.2) is 47.3 Å². The lowest BCUT2D eigenvalue weighted by Gasteiger charge is -2.05. The molecule has 3 rings (SSSR count). The second kappa shape index (κ2) is 5.10. The maximum Gasteiger partial charge on any atom is 0.248 e. The van der Waals surface area contributed by atoms with Crippen LogP contribution in [0.5, 0.6) is 0 Å². The minimum atomic E-state index is -0.186. The van der Waals surface area contributed by atoms with Crippen molar-refractivity contribution < 1.29 is 0 Å². The van der Waals surface area contributed by atoms with Gasteiger partial charge in [0.2, 0.25) is 5.56 Å². The lowest BCUT2D eigenvalue weighted by Crippen LogP contribution is -2.04. The van der Waals surface area contributed by atoms with Crippen LogP contribution in [-0.2, 0) is 7.05 Å². The molecule has 0 aliphatic rings. The largest absolute Gasteiger partial charge is 0.383 e. The molecular weight excluding hydrogens is 288 g/mol. The van der Waals surface area contributed by atoms with Gasteiger partial charge in [-0.25, -0.2) is 0 Å². The van der Waals surface area contributed by atoms with Crippen LogP contribution < -0.4 is 11.3 Å². The van der Waals surface area contributed by atoms with E-state index < -0.39 is 0 Å². The molecule has 6 heteroatoms. The van der Waals surface area contributed by atoms with Crippen LogP contribution in [0.25, 0.3) is 22.5 Å². The maximum absolute atomic E-state index is 11.5. The molecule has 5 nitrogen and oxygen atoms in total. The molecule has 2 aromatic heterocycles. The molecule has 0 aliphatic carbocycles. The summed E-state index contributed by atoms with van der Waals surface area (Å²) >= 11 is 6.05. The van der Waals surface area contributed by atoms with Gasteiger partial charge in [-0.2, -0.15) is 5.10 Å². The van der Waals surface area contributed by atoms with E-state index in [4.69, 9.17) is 17.3 Å². The molecule has 0 spiro atoms. The van der Waals surface area contributed by atoms with E-state index in [1.807, 2.05) is 18.2 Å². The standard InChI is InChI=1S/C15H13ClN4O/c1-20-15(17)13(9-4-2-5-10(16)8-9)14(19-20)11-6-3-7-12(21)18-11/h2-8H,17H2,1H3,(H,18,21). The van der Waals surface area contributed by atoms with Gasteiger partial charge in [0.15, 0.2) is 0 Å². The lowest BCUT2D eigenvalue weighted by atomic mass is 10.0. The quantitative estimate of drug-likeness (QED) is 0.764. The summed E-state index contributed by atoms with van der Waals surface area (Å²) in [7, 11) is 1.76. The summed E-state index contributed by atoms with van der Waals surface area (Å²) in [6, 6.07) is 12.3. The molecule has 0 amide bonds. The summed E-state index contributed by atoms with van der Waals surface area (Å²) in [5, 5.41) is 5.02. The third kappa shape index (κ3) is 2.43. The van der Waals surface area contributed by atoms with Gasteiger partial charge in [-0.15, -0.1) is 0 Å². The van der Waals surface area contributed by atoms with Gasteiger partial charge in [0, 0.05) is 18.1 Å². The van der Waals surface area contributed by atoms with E-state index in [1.165, 1.54) is 6.07 Å². The number of aromatic amines is 1. The van der Waals surface area contributed by atoms with Gasteiger partial charge in [-0.3, -0.25) is 9.48 Å². The molecule has 1 aromatic carbocycles. The fraction of sp³-hybridized carbons (Fsp3) is 0.0667. The highest BCUT2D eigenvalue weighted by molar-refractivity contribution is 6.30. The smallest absolute Gasteiger partial charge is 0.248 e. The number of aromatic nitrogens is 3. The average molecular weight is 301 g/mol. The van der Waals surface area contributed by atoms with Crippen molar-refractivity contribution in [1.82, 2.24) is 14.8 Å². The zero-order chi connectivity index (χ0) is 15.0. The SMILES string of the molecule is Cn1nc(-c2cccc(=O)[nH]2)c(-c2cccc(Cl)c2)c1N. The number of pyridine rings is 1. The number of benzene rings is 1. The number of nitrogens with one attached hydrogen (secondary N) is 1. The molecular formula is C15H13ClN4O. The summed E-state index contributed by atoms with van der Waals surface area (Å²) in [6.45, 7) is 0. The fourth-order valence-corrected chi connectivity index (χ4v) is 2.43. The first-order chi connectivity index (χ1) is 10.1. The normalized spacial score (nSPS) is 10.8. The Kier molecular flexibility index (Phi) is 3.27. The Morgan fingerprint density at radius 1 is 1.24 bits per heavy atom. The van der Waals surface area contributed by atoms with Crippen molar-refractivity contribution in [2.75, 3.05) is 5.73 Å². The number of aryl methyl sites for hydroxylation is 1.